The minimum absolute atomic E-state index is 0.0103. The van der Waals surface area contributed by atoms with Gasteiger partial charge in [0.25, 0.3) is 11.5 Å². The van der Waals surface area contributed by atoms with E-state index in [4.69, 9.17) is 4.74 Å². The number of carbonyl (C=O) groups is 2. The molecule has 0 aliphatic heterocycles. The van der Waals surface area contributed by atoms with Gasteiger partial charge in [0.1, 0.15) is 0 Å². The van der Waals surface area contributed by atoms with Crippen LogP contribution in [0, 0.1) is 5.92 Å². The van der Waals surface area contributed by atoms with Gasteiger partial charge in [-0.25, -0.2) is 9.48 Å². The molecule has 3 aromatic rings. The fourth-order valence-corrected chi connectivity index (χ4v) is 3.00. The minimum atomic E-state index is -0.743. The van der Waals surface area contributed by atoms with E-state index < -0.39 is 12.6 Å². The predicted octanol–water partition coefficient (Wildman–Crippen LogP) is 2.76. The number of benzene rings is 2. The Hall–Kier alpha value is -3.48. The van der Waals surface area contributed by atoms with Crippen LogP contribution in [-0.4, -0.2) is 34.8 Å². The van der Waals surface area contributed by atoms with Gasteiger partial charge < -0.3 is 10.1 Å². The molecule has 7 heteroatoms. The number of hydrogen-bond donors (Lipinski definition) is 1. The number of nitrogens with one attached hydrogen (secondary N) is 1. The molecule has 156 valence electrons. The normalized spacial score (nSPS) is 10.9. The second kappa shape index (κ2) is 9.82. The largest absolute Gasteiger partial charge is 0.451 e. The van der Waals surface area contributed by atoms with Gasteiger partial charge in [-0.05, 0) is 24.0 Å². The van der Waals surface area contributed by atoms with Gasteiger partial charge in [0.05, 0.1) is 11.9 Å². The Bertz CT molecular complexity index is 1090. The van der Waals surface area contributed by atoms with E-state index in [1.54, 1.807) is 24.3 Å². The van der Waals surface area contributed by atoms with Crippen molar-refractivity contribution in [3.05, 3.63) is 76.2 Å². The van der Waals surface area contributed by atoms with Crippen molar-refractivity contribution in [3.8, 4) is 0 Å². The zero-order valence-electron chi connectivity index (χ0n) is 17.1. The van der Waals surface area contributed by atoms with Crippen LogP contribution in [0.2, 0.25) is 0 Å². The number of aromatic nitrogens is 2. The van der Waals surface area contributed by atoms with Crippen molar-refractivity contribution < 1.29 is 14.3 Å². The van der Waals surface area contributed by atoms with Gasteiger partial charge in [0.2, 0.25) is 0 Å². The van der Waals surface area contributed by atoms with E-state index in [0.29, 0.717) is 23.2 Å². The van der Waals surface area contributed by atoms with Crippen LogP contribution in [0.5, 0.6) is 0 Å². The number of hydrogen-bond acceptors (Lipinski definition) is 5. The lowest BCUT2D eigenvalue weighted by Gasteiger charge is -2.11. The summed E-state index contributed by atoms with van der Waals surface area (Å²) in [5.41, 5.74) is 0.597. The van der Waals surface area contributed by atoms with E-state index in [-0.39, 0.29) is 23.7 Å². The average molecular weight is 407 g/mol. The van der Waals surface area contributed by atoms with Gasteiger partial charge in [0, 0.05) is 11.9 Å². The van der Waals surface area contributed by atoms with Crippen molar-refractivity contribution >= 4 is 22.6 Å². The summed E-state index contributed by atoms with van der Waals surface area (Å²) in [5, 5.41) is 7.75. The summed E-state index contributed by atoms with van der Waals surface area (Å²) in [4.78, 5) is 37.4. The Morgan fingerprint density at radius 1 is 1.03 bits per heavy atom. The lowest BCUT2D eigenvalue weighted by atomic mass is 10.1. The number of rotatable bonds is 8. The second-order valence-electron chi connectivity index (χ2n) is 7.45. The molecular formula is C23H25N3O4. The molecule has 2 aromatic carbocycles. The summed E-state index contributed by atoms with van der Waals surface area (Å²) in [7, 11) is 0. The number of ether oxygens (including phenoxy) is 1. The first kappa shape index (κ1) is 21.2. The molecule has 1 heterocycles. The van der Waals surface area contributed by atoms with Gasteiger partial charge >= 0.3 is 5.97 Å². The average Bonchev–Trinajstić information content (AvgIpc) is 2.74. The van der Waals surface area contributed by atoms with Crippen LogP contribution in [0.3, 0.4) is 0 Å². The fraction of sp³-hybridized carbons (Fsp3) is 0.304. The van der Waals surface area contributed by atoms with Crippen LogP contribution < -0.4 is 10.9 Å². The Balaban J connectivity index is 1.82. The van der Waals surface area contributed by atoms with Crippen molar-refractivity contribution in [1.29, 1.82) is 0 Å². The van der Waals surface area contributed by atoms with E-state index in [1.807, 2.05) is 30.3 Å². The third-order valence-corrected chi connectivity index (χ3v) is 4.61. The third kappa shape index (κ3) is 5.31. The van der Waals surface area contributed by atoms with Crippen molar-refractivity contribution in [1.82, 2.24) is 15.1 Å². The Labute approximate surface area is 174 Å². The maximum atomic E-state index is 12.8. The number of nitrogens with zero attached hydrogens (tertiary/aromatic N) is 2. The standard InChI is InChI=1S/C23H25N3O4/c1-16(2)12-13-24-20(27)15-30-23(29)21-18-10-6-7-11-19(18)22(28)26(25-21)14-17-8-4-3-5-9-17/h3-11,16H,12-15H2,1-2H3,(H,24,27). The van der Waals surface area contributed by atoms with Crippen LogP contribution in [-0.2, 0) is 16.1 Å². The maximum absolute atomic E-state index is 12.8. The molecular weight excluding hydrogens is 382 g/mol. The van der Waals surface area contributed by atoms with Crippen LogP contribution in [0.15, 0.2) is 59.4 Å². The number of carbonyl (C=O) groups excluding carboxylic acids is 2. The van der Waals surface area contributed by atoms with Crippen molar-refractivity contribution in [3.63, 3.8) is 0 Å². The fourth-order valence-electron chi connectivity index (χ4n) is 3.00. The molecule has 0 aliphatic rings. The van der Waals surface area contributed by atoms with E-state index in [0.717, 1.165) is 12.0 Å². The highest BCUT2D eigenvalue weighted by molar-refractivity contribution is 6.02. The quantitative estimate of drug-likeness (QED) is 0.580. The molecule has 1 N–H and O–H groups in total. The van der Waals surface area contributed by atoms with E-state index in [1.165, 1.54) is 4.68 Å². The van der Waals surface area contributed by atoms with Crippen LogP contribution in [0.4, 0.5) is 0 Å². The van der Waals surface area contributed by atoms with Crippen LogP contribution >= 0.6 is 0 Å². The highest BCUT2D eigenvalue weighted by Crippen LogP contribution is 2.15. The Kier molecular flexibility index (Phi) is 6.95. The first-order chi connectivity index (χ1) is 14.5. The lowest BCUT2D eigenvalue weighted by Crippen LogP contribution is -2.31. The van der Waals surface area contributed by atoms with Gasteiger partial charge in [-0.1, -0.05) is 62.4 Å². The molecule has 0 atom stereocenters. The molecule has 1 aromatic heterocycles. The predicted molar refractivity (Wildman–Crippen MR) is 114 cm³/mol. The van der Waals surface area contributed by atoms with Crippen molar-refractivity contribution in [2.24, 2.45) is 5.92 Å². The Morgan fingerprint density at radius 3 is 2.40 bits per heavy atom. The zero-order chi connectivity index (χ0) is 21.5. The second-order valence-corrected chi connectivity index (χ2v) is 7.45. The maximum Gasteiger partial charge on any atom is 0.359 e. The third-order valence-electron chi connectivity index (χ3n) is 4.61. The SMILES string of the molecule is CC(C)CCNC(=O)COC(=O)c1nn(Cc2ccccc2)c(=O)c2ccccc12. The molecule has 0 radical (unpaired) electrons. The lowest BCUT2D eigenvalue weighted by molar-refractivity contribution is -0.124. The van der Waals surface area contributed by atoms with Gasteiger partial charge in [-0.2, -0.15) is 5.10 Å². The molecule has 0 unspecified atom stereocenters. The molecule has 0 saturated heterocycles. The first-order valence-corrected chi connectivity index (χ1v) is 9.93. The van der Waals surface area contributed by atoms with Gasteiger partial charge in [-0.15, -0.1) is 0 Å². The van der Waals surface area contributed by atoms with E-state index in [2.05, 4.69) is 24.3 Å². The zero-order valence-corrected chi connectivity index (χ0v) is 17.1. The highest BCUT2D eigenvalue weighted by Gasteiger charge is 2.19. The molecule has 0 aliphatic carbocycles. The molecule has 30 heavy (non-hydrogen) atoms. The molecule has 1 amide bonds. The highest BCUT2D eigenvalue weighted by atomic mass is 16.5. The molecule has 0 bridgehead atoms. The molecule has 0 fully saturated rings. The molecule has 0 spiro atoms. The smallest absolute Gasteiger partial charge is 0.359 e. The molecule has 0 saturated carbocycles. The molecule has 7 nitrogen and oxygen atoms in total. The summed E-state index contributed by atoms with van der Waals surface area (Å²) in [5.74, 6) is -0.646. The summed E-state index contributed by atoms with van der Waals surface area (Å²) >= 11 is 0. The summed E-state index contributed by atoms with van der Waals surface area (Å²) in [6.45, 7) is 4.48. The van der Waals surface area contributed by atoms with Crippen LogP contribution in [0.1, 0.15) is 36.3 Å². The first-order valence-electron chi connectivity index (χ1n) is 9.93. The van der Waals surface area contributed by atoms with Crippen molar-refractivity contribution in [2.75, 3.05) is 13.2 Å². The number of esters is 1. The number of fused-ring (bicyclic) bond motifs is 1. The van der Waals surface area contributed by atoms with Crippen molar-refractivity contribution in [2.45, 2.75) is 26.8 Å². The monoisotopic (exact) mass is 407 g/mol. The summed E-state index contributed by atoms with van der Waals surface area (Å²) < 4.78 is 6.42. The summed E-state index contributed by atoms with van der Waals surface area (Å²) in [6, 6.07) is 16.1. The minimum Gasteiger partial charge on any atom is -0.451 e. The van der Waals surface area contributed by atoms with Crippen LogP contribution in [0.25, 0.3) is 10.8 Å². The topological polar surface area (TPSA) is 90.3 Å². The summed E-state index contributed by atoms with van der Waals surface area (Å²) in [6.07, 6.45) is 0.844. The van der Waals surface area contributed by atoms with E-state index in [9.17, 15) is 14.4 Å². The number of amides is 1. The van der Waals surface area contributed by atoms with Gasteiger partial charge in [0.15, 0.2) is 12.3 Å². The van der Waals surface area contributed by atoms with Gasteiger partial charge in [-0.3, -0.25) is 9.59 Å². The molecule has 3 rings (SSSR count). The Morgan fingerprint density at radius 2 is 1.70 bits per heavy atom. The van der Waals surface area contributed by atoms with E-state index >= 15 is 0 Å².